The van der Waals surface area contributed by atoms with E-state index in [0.717, 1.165) is 35.4 Å². The molecule has 0 aliphatic rings. The first-order chi connectivity index (χ1) is 12.3. The minimum atomic E-state index is -3.21. The van der Waals surface area contributed by atoms with E-state index in [1.54, 1.807) is 13.8 Å². The lowest BCUT2D eigenvalue weighted by molar-refractivity contribution is 0.128. The van der Waals surface area contributed by atoms with Gasteiger partial charge in [-0.3, -0.25) is 0 Å². The minimum absolute atomic E-state index is 0.469. The van der Waals surface area contributed by atoms with Crippen molar-refractivity contribution in [3.05, 3.63) is 77.3 Å². The van der Waals surface area contributed by atoms with Crippen LogP contribution >= 0.6 is 7.14 Å². The van der Waals surface area contributed by atoms with Gasteiger partial charge in [0.15, 0.2) is 7.14 Å². The van der Waals surface area contributed by atoms with Gasteiger partial charge in [0.1, 0.15) is 0 Å². The van der Waals surface area contributed by atoms with Gasteiger partial charge in [-0.25, -0.2) is 0 Å². The summed E-state index contributed by atoms with van der Waals surface area (Å²) in [5, 5.41) is 12.8. The highest BCUT2D eigenvalue weighted by atomic mass is 31.2. The molecule has 0 radical (unpaired) electrons. The third-order valence-electron chi connectivity index (χ3n) is 4.37. The Morgan fingerprint density at radius 1 is 1.00 bits per heavy atom. The van der Waals surface area contributed by atoms with E-state index in [9.17, 15) is 9.67 Å². The van der Waals surface area contributed by atoms with Crippen LogP contribution in [0.15, 0.2) is 77.3 Å². The number of unbranched alkanes of at least 4 members (excludes halogenated alkanes) is 1. The van der Waals surface area contributed by atoms with Gasteiger partial charge in [0.05, 0.1) is 10.9 Å². The molecule has 0 fully saturated rings. The molecule has 3 heteroatoms. The average Bonchev–Trinajstić information content (AvgIpc) is 2.64. The third kappa shape index (κ3) is 4.65. The Labute approximate surface area is 157 Å². The molecule has 0 amide bonds. The van der Waals surface area contributed by atoms with Crippen LogP contribution in [0.4, 0.5) is 0 Å². The molecule has 0 bridgehead atoms. The highest BCUT2D eigenvalue weighted by Gasteiger charge is 2.39. The number of rotatable bonds is 7. The minimum Gasteiger partial charge on any atom is -0.385 e. The Bertz CT molecular complexity index is 780. The van der Waals surface area contributed by atoms with Gasteiger partial charge in [-0.05, 0) is 39.2 Å². The Hall–Kier alpha value is -1.85. The highest BCUT2D eigenvalue weighted by Crippen LogP contribution is 2.55. The summed E-state index contributed by atoms with van der Waals surface area (Å²) in [5.74, 6) is 0. The molecule has 138 valence electrons. The second kappa shape index (κ2) is 8.69. The molecule has 2 aromatic rings. The second-order valence-corrected chi connectivity index (χ2v) is 9.90. The first-order valence-electron chi connectivity index (χ1n) is 9.21. The zero-order valence-electron chi connectivity index (χ0n) is 16.2. The lowest BCUT2D eigenvalue weighted by Gasteiger charge is -2.29. The van der Waals surface area contributed by atoms with Gasteiger partial charge in [-0.15, -0.1) is 5.73 Å². The lowest BCUT2D eigenvalue weighted by Crippen LogP contribution is -2.29. The van der Waals surface area contributed by atoms with Gasteiger partial charge in [0, 0.05) is 10.6 Å². The van der Waals surface area contributed by atoms with E-state index < -0.39 is 12.7 Å². The van der Waals surface area contributed by atoms with Crippen molar-refractivity contribution in [1.82, 2.24) is 0 Å². The Balaban J connectivity index is 2.81. The zero-order valence-corrected chi connectivity index (χ0v) is 17.1. The molecule has 1 N–H and O–H groups in total. The molecule has 26 heavy (non-hydrogen) atoms. The first kappa shape index (κ1) is 20.5. The van der Waals surface area contributed by atoms with Crippen LogP contribution in [0.2, 0.25) is 0 Å². The molecule has 2 nitrogen and oxygen atoms in total. The van der Waals surface area contributed by atoms with E-state index in [0.29, 0.717) is 5.31 Å². The fraction of sp³-hybridized carbons (Fsp3) is 0.348. The molecule has 0 aliphatic heterocycles. The summed E-state index contributed by atoms with van der Waals surface area (Å²) >= 11 is 0. The van der Waals surface area contributed by atoms with Crippen molar-refractivity contribution in [2.45, 2.75) is 52.6 Å². The summed E-state index contributed by atoms with van der Waals surface area (Å²) in [6.45, 7) is 7.54. The van der Waals surface area contributed by atoms with Gasteiger partial charge in [0.25, 0.3) is 0 Å². The van der Waals surface area contributed by atoms with Crippen LogP contribution in [0, 0.1) is 0 Å². The quantitative estimate of drug-likeness (QED) is 0.525. The van der Waals surface area contributed by atoms with Gasteiger partial charge < -0.3 is 9.67 Å². The maximum atomic E-state index is 14.5. The van der Waals surface area contributed by atoms with Crippen molar-refractivity contribution in [2.75, 3.05) is 0 Å². The van der Waals surface area contributed by atoms with Gasteiger partial charge in [0.2, 0.25) is 0 Å². The van der Waals surface area contributed by atoms with Crippen molar-refractivity contribution in [3.8, 4) is 0 Å². The van der Waals surface area contributed by atoms with Crippen molar-refractivity contribution in [3.63, 3.8) is 0 Å². The van der Waals surface area contributed by atoms with Crippen molar-refractivity contribution in [2.24, 2.45) is 0 Å². The summed E-state index contributed by atoms with van der Waals surface area (Å²) in [4.78, 5) is 0. The van der Waals surface area contributed by atoms with E-state index in [1.807, 2.05) is 67.6 Å². The molecule has 2 rings (SSSR count). The number of hydrogen-bond acceptors (Lipinski definition) is 2. The van der Waals surface area contributed by atoms with Gasteiger partial charge >= 0.3 is 0 Å². The summed E-state index contributed by atoms with van der Waals surface area (Å²) in [5.41, 5.74) is 3.13. The van der Waals surface area contributed by atoms with Crippen LogP contribution in [0.1, 0.15) is 47.0 Å². The van der Waals surface area contributed by atoms with Crippen molar-refractivity contribution < 1.29 is 9.67 Å². The standard InChI is InChI=1S/C23H29O2P/c1-5-6-13-19(2)18-22(23(3,4)24)26(25,20-14-9-7-10-15-20)21-16-11-8-12-17-21/h7-12,14-17,24H,5-6,13H2,1-4H3. The van der Waals surface area contributed by atoms with E-state index >= 15 is 0 Å². The molecular weight excluding hydrogens is 339 g/mol. The van der Waals surface area contributed by atoms with E-state index in [4.69, 9.17) is 0 Å². The summed E-state index contributed by atoms with van der Waals surface area (Å²) < 4.78 is 14.5. The van der Waals surface area contributed by atoms with Crippen molar-refractivity contribution in [1.29, 1.82) is 0 Å². The highest BCUT2D eigenvalue weighted by molar-refractivity contribution is 7.82. The summed E-state index contributed by atoms with van der Waals surface area (Å²) in [6, 6.07) is 18.9. The van der Waals surface area contributed by atoms with Crippen LogP contribution in [0.3, 0.4) is 0 Å². The van der Waals surface area contributed by atoms with Gasteiger partial charge in [-0.1, -0.05) is 74.0 Å². The maximum Gasteiger partial charge on any atom is 0.177 e. The Morgan fingerprint density at radius 2 is 1.46 bits per heavy atom. The average molecular weight is 368 g/mol. The lowest BCUT2D eigenvalue weighted by atomic mass is 10.1. The van der Waals surface area contributed by atoms with Crippen LogP contribution in [0.25, 0.3) is 0 Å². The van der Waals surface area contributed by atoms with Gasteiger partial charge in [-0.2, -0.15) is 0 Å². The predicted molar refractivity (Wildman–Crippen MR) is 112 cm³/mol. The zero-order chi connectivity index (χ0) is 19.2. The molecule has 0 aliphatic carbocycles. The van der Waals surface area contributed by atoms with E-state index in [-0.39, 0.29) is 0 Å². The fourth-order valence-electron chi connectivity index (χ4n) is 3.01. The second-order valence-electron chi connectivity index (χ2n) is 7.20. The Kier molecular flexibility index (Phi) is 6.84. The number of benzene rings is 2. The summed E-state index contributed by atoms with van der Waals surface area (Å²) in [6.07, 6.45) is 3.03. The molecule has 0 saturated carbocycles. The smallest absolute Gasteiger partial charge is 0.177 e. The van der Waals surface area contributed by atoms with Crippen LogP contribution in [-0.2, 0) is 4.57 Å². The maximum absolute atomic E-state index is 14.5. The number of aliphatic hydroxyl groups is 1. The van der Waals surface area contributed by atoms with Crippen LogP contribution in [-0.4, -0.2) is 10.7 Å². The molecule has 2 aromatic carbocycles. The number of hydrogen-bond donors (Lipinski definition) is 1. The van der Waals surface area contributed by atoms with Crippen LogP contribution < -0.4 is 10.6 Å². The largest absolute Gasteiger partial charge is 0.385 e. The molecule has 0 aromatic heterocycles. The molecule has 0 atom stereocenters. The molecule has 0 spiro atoms. The predicted octanol–water partition coefficient (Wildman–Crippen LogP) is 5.39. The van der Waals surface area contributed by atoms with E-state index in [2.05, 4.69) is 12.7 Å². The molecule has 0 saturated heterocycles. The third-order valence-corrected chi connectivity index (χ3v) is 7.71. The Morgan fingerprint density at radius 3 is 1.85 bits per heavy atom. The van der Waals surface area contributed by atoms with Crippen LogP contribution in [0.5, 0.6) is 0 Å². The monoisotopic (exact) mass is 368 g/mol. The SMILES string of the molecule is CCCCC(C)=C=C(C(C)(C)O)P(=O)(c1ccccc1)c1ccccc1. The topological polar surface area (TPSA) is 37.3 Å². The normalized spacial score (nSPS) is 11.7. The molecule has 0 heterocycles. The first-order valence-corrected chi connectivity index (χ1v) is 10.9. The fourth-order valence-corrected chi connectivity index (χ4v) is 6.12. The molecule has 0 unspecified atom stereocenters. The molecular formula is C23H29O2P. The van der Waals surface area contributed by atoms with Crippen molar-refractivity contribution >= 4 is 17.8 Å². The summed E-state index contributed by atoms with van der Waals surface area (Å²) in [7, 11) is -3.21. The van der Waals surface area contributed by atoms with E-state index in [1.165, 1.54) is 0 Å².